The minimum absolute atomic E-state index is 0.130. The van der Waals surface area contributed by atoms with Gasteiger partial charge in [0.25, 0.3) is 5.91 Å². The van der Waals surface area contributed by atoms with Gasteiger partial charge in [-0.05, 0) is 99.0 Å². The average molecular weight is 875 g/mol. The van der Waals surface area contributed by atoms with Crippen molar-refractivity contribution in [3.63, 3.8) is 0 Å². The molecule has 0 bridgehead atoms. The van der Waals surface area contributed by atoms with Crippen LogP contribution in [0, 0.1) is 29.5 Å². The third kappa shape index (κ3) is 7.96. The van der Waals surface area contributed by atoms with Gasteiger partial charge in [-0.3, -0.25) is 18.7 Å². The van der Waals surface area contributed by atoms with Gasteiger partial charge in [0, 0.05) is 60.6 Å². The molecule has 0 spiro atoms. The average Bonchev–Trinajstić information content (AvgIpc) is 3.77. The van der Waals surface area contributed by atoms with Gasteiger partial charge in [0.15, 0.2) is 11.5 Å². The van der Waals surface area contributed by atoms with Gasteiger partial charge in [0.05, 0.1) is 47.7 Å². The standard InChI is InChI=1S/C50H51FN10O4/c1-30-42-45(56-43(55-30)32-9-7-10-34(24-32)50(5,6)47(63)64)61(35-16-20-57(21-17-35)29-49(2,3)4)48(65)60(42)36-14-15-40(54-26-36)46(62)58-22-18-37-38-11-8-19-53-44(38)59(41(37)28-58)27-33-13-12-31(25-52)23-39(33)51/h7-15,19,23-24,26,35H,16-18,20-22,27-29H2,1-6H3,(H,63,64). The number of carbonyl (C=O) groups excluding carboxylic acids is 1. The van der Waals surface area contributed by atoms with Crippen molar-refractivity contribution in [3.8, 4) is 23.1 Å². The van der Waals surface area contributed by atoms with E-state index in [1.807, 2.05) is 35.8 Å². The highest BCUT2D eigenvalue weighted by atomic mass is 19.1. The summed E-state index contributed by atoms with van der Waals surface area (Å²) < 4.78 is 20.5. The van der Waals surface area contributed by atoms with Crippen molar-refractivity contribution in [1.29, 1.82) is 5.26 Å². The number of hydrogen-bond donors (Lipinski definition) is 1. The van der Waals surface area contributed by atoms with E-state index in [4.69, 9.17) is 9.97 Å². The van der Waals surface area contributed by atoms with Crippen LogP contribution in [0.4, 0.5) is 4.39 Å². The SMILES string of the molecule is Cc1nc(-c2cccc(C(C)(C)C(=O)O)c2)nc2c1n(-c1ccc(C(=O)N3CCc4c(n(Cc5ccc(C#N)cc5F)c5ncccc45)C3)nc1)c(=O)n2C1CCN(CC(C)(C)C)CC1. The van der Waals surface area contributed by atoms with Gasteiger partial charge in [-0.15, -0.1) is 0 Å². The van der Waals surface area contributed by atoms with Crippen LogP contribution in [0.3, 0.4) is 0 Å². The number of pyridine rings is 2. The molecule has 7 heterocycles. The summed E-state index contributed by atoms with van der Waals surface area (Å²) in [6.07, 6.45) is 5.30. The molecule has 2 aromatic carbocycles. The number of aromatic nitrogens is 7. The Morgan fingerprint density at radius 2 is 1.72 bits per heavy atom. The first kappa shape index (κ1) is 43.2. The number of likely N-dealkylation sites (tertiary alicyclic amines) is 1. The third-order valence-corrected chi connectivity index (χ3v) is 12.9. The lowest BCUT2D eigenvalue weighted by Crippen LogP contribution is -2.41. The molecule has 5 aromatic heterocycles. The first-order valence-corrected chi connectivity index (χ1v) is 22.0. The van der Waals surface area contributed by atoms with Crippen LogP contribution in [0.5, 0.6) is 0 Å². The Balaban J connectivity index is 1.06. The summed E-state index contributed by atoms with van der Waals surface area (Å²) in [6.45, 7) is 15.3. The first-order valence-electron chi connectivity index (χ1n) is 22.0. The van der Waals surface area contributed by atoms with Crippen LogP contribution in [0.25, 0.3) is 39.3 Å². The summed E-state index contributed by atoms with van der Waals surface area (Å²) in [5.41, 5.74) is 5.43. The summed E-state index contributed by atoms with van der Waals surface area (Å²) >= 11 is 0. The van der Waals surface area contributed by atoms with Gasteiger partial charge in [-0.1, -0.05) is 45.0 Å². The zero-order valence-electron chi connectivity index (χ0n) is 37.5. The molecule has 65 heavy (non-hydrogen) atoms. The van der Waals surface area contributed by atoms with E-state index in [-0.39, 0.29) is 47.4 Å². The Kier molecular flexibility index (Phi) is 11.0. The van der Waals surface area contributed by atoms with Crippen molar-refractivity contribution >= 4 is 34.1 Å². The number of amides is 1. The largest absolute Gasteiger partial charge is 0.481 e. The Morgan fingerprint density at radius 3 is 2.42 bits per heavy atom. The minimum Gasteiger partial charge on any atom is -0.481 e. The van der Waals surface area contributed by atoms with Gasteiger partial charge in [0.1, 0.15) is 22.7 Å². The molecule has 2 aliphatic heterocycles. The molecule has 0 saturated carbocycles. The third-order valence-electron chi connectivity index (χ3n) is 12.9. The number of hydrogen-bond acceptors (Lipinski definition) is 9. The number of benzene rings is 2. The molecule has 2 aliphatic rings. The Labute approximate surface area is 375 Å². The molecule has 0 radical (unpaired) electrons. The molecule has 1 saturated heterocycles. The van der Waals surface area contributed by atoms with Crippen molar-refractivity contribution in [2.75, 3.05) is 26.2 Å². The zero-order valence-corrected chi connectivity index (χ0v) is 37.5. The van der Waals surface area contributed by atoms with Crippen LogP contribution in [-0.4, -0.2) is 86.6 Å². The van der Waals surface area contributed by atoms with E-state index >= 15 is 4.39 Å². The number of carboxylic acids is 1. The molecule has 1 fully saturated rings. The van der Waals surface area contributed by atoms with Crippen molar-refractivity contribution < 1.29 is 19.1 Å². The maximum atomic E-state index is 15.2. The minimum atomic E-state index is -1.15. The number of aryl methyl sites for hydroxylation is 1. The molecule has 332 valence electrons. The van der Waals surface area contributed by atoms with Crippen LogP contribution in [0.15, 0.2) is 83.9 Å². The second-order valence-corrected chi connectivity index (χ2v) is 19.1. The number of carbonyl (C=O) groups is 2. The fourth-order valence-electron chi connectivity index (χ4n) is 9.48. The van der Waals surface area contributed by atoms with Crippen molar-refractivity contribution in [3.05, 3.63) is 135 Å². The summed E-state index contributed by atoms with van der Waals surface area (Å²) in [4.78, 5) is 64.7. The van der Waals surface area contributed by atoms with Crippen LogP contribution in [-0.2, 0) is 29.7 Å². The summed E-state index contributed by atoms with van der Waals surface area (Å²) in [5, 5.41) is 20.2. The van der Waals surface area contributed by atoms with E-state index in [0.717, 1.165) is 49.1 Å². The molecule has 1 amide bonds. The van der Waals surface area contributed by atoms with Crippen molar-refractivity contribution in [2.45, 2.75) is 85.4 Å². The zero-order chi connectivity index (χ0) is 45.9. The van der Waals surface area contributed by atoms with E-state index in [0.29, 0.717) is 63.7 Å². The van der Waals surface area contributed by atoms with Gasteiger partial charge >= 0.3 is 11.7 Å². The molecule has 0 atom stereocenters. The molecule has 9 rings (SSSR count). The number of aliphatic carboxylic acids is 1. The molecule has 14 nitrogen and oxygen atoms in total. The highest BCUT2D eigenvalue weighted by molar-refractivity contribution is 5.93. The summed E-state index contributed by atoms with van der Waals surface area (Å²) in [5.74, 6) is -1.34. The van der Waals surface area contributed by atoms with E-state index in [1.165, 1.54) is 6.07 Å². The lowest BCUT2D eigenvalue weighted by molar-refractivity contribution is -0.142. The van der Waals surface area contributed by atoms with Crippen LogP contribution >= 0.6 is 0 Å². The smallest absolute Gasteiger partial charge is 0.335 e. The number of imidazole rings is 1. The number of carboxylic acid groups (broad SMARTS) is 1. The fourth-order valence-corrected chi connectivity index (χ4v) is 9.48. The lowest BCUT2D eigenvalue weighted by Gasteiger charge is -2.36. The number of piperidine rings is 1. The number of rotatable bonds is 9. The maximum absolute atomic E-state index is 15.2. The highest BCUT2D eigenvalue weighted by Crippen LogP contribution is 2.34. The van der Waals surface area contributed by atoms with Gasteiger partial charge in [-0.2, -0.15) is 5.26 Å². The van der Waals surface area contributed by atoms with Crippen LogP contribution < -0.4 is 5.69 Å². The molecular weight excluding hydrogens is 824 g/mol. The molecule has 15 heteroatoms. The van der Waals surface area contributed by atoms with E-state index in [2.05, 4.69) is 35.6 Å². The Hall–Kier alpha value is -7.05. The summed E-state index contributed by atoms with van der Waals surface area (Å²) in [6, 6.07) is 20.7. The molecular formula is C50H51FN10O4. The summed E-state index contributed by atoms with van der Waals surface area (Å²) in [7, 11) is 0. The van der Waals surface area contributed by atoms with Gasteiger partial charge in [-0.25, -0.2) is 29.1 Å². The van der Waals surface area contributed by atoms with Gasteiger partial charge in [0.2, 0.25) is 0 Å². The Morgan fingerprint density at radius 1 is 0.938 bits per heavy atom. The quantitative estimate of drug-likeness (QED) is 0.153. The monoisotopic (exact) mass is 874 g/mol. The van der Waals surface area contributed by atoms with E-state index in [1.54, 1.807) is 82.7 Å². The second-order valence-electron chi connectivity index (χ2n) is 19.1. The Bertz CT molecular complexity index is 3130. The number of halogens is 1. The molecule has 7 aromatic rings. The fraction of sp³-hybridized carbons (Fsp3) is 0.360. The predicted molar refractivity (Wildman–Crippen MR) is 244 cm³/mol. The topological polar surface area (TPSA) is 168 Å². The highest BCUT2D eigenvalue weighted by Gasteiger charge is 2.33. The van der Waals surface area contributed by atoms with E-state index < -0.39 is 17.2 Å². The molecule has 1 N–H and O–H groups in total. The second kappa shape index (κ2) is 16.5. The van der Waals surface area contributed by atoms with E-state index in [9.17, 15) is 24.8 Å². The maximum Gasteiger partial charge on any atom is 0.335 e. The normalized spacial score (nSPS) is 15.1. The van der Waals surface area contributed by atoms with Crippen LogP contribution in [0.1, 0.15) is 97.6 Å². The van der Waals surface area contributed by atoms with Crippen molar-refractivity contribution in [1.82, 2.24) is 43.4 Å². The first-order chi connectivity index (χ1) is 31.0. The molecule has 0 aliphatic carbocycles. The number of nitriles is 1. The van der Waals surface area contributed by atoms with Gasteiger partial charge < -0.3 is 19.5 Å². The van der Waals surface area contributed by atoms with Crippen LogP contribution in [0.2, 0.25) is 0 Å². The number of fused-ring (bicyclic) bond motifs is 4. The predicted octanol–water partition coefficient (Wildman–Crippen LogP) is 7.61. The molecule has 0 unspecified atom stereocenters. The number of nitrogens with zero attached hydrogens (tertiary/aromatic N) is 10. The lowest BCUT2D eigenvalue weighted by atomic mass is 9.84. The van der Waals surface area contributed by atoms with Crippen molar-refractivity contribution in [2.24, 2.45) is 5.41 Å².